The van der Waals surface area contributed by atoms with Crippen molar-refractivity contribution in [2.24, 2.45) is 11.7 Å². The lowest BCUT2D eigenvalue weighted by Gasteiger charge is -2.31. The molecule has 1 saturated heterocycles. The molecule has 1 unspecified atom stereocenters. The zero-order valence-corrected chi connectivity index (χ0v) is 10.7. The summed E-state index contributed by atoms with van der Waals surface area (Å²) in [7, 11) is 0. The van der Waals surface area contributed by atoms with Crippen molar-refractivity contribution < 1.29 is 4.79 Å². The number of piperidine rings is 1. The van der Waals surface area contributed by atoms with Gasteiger partial charge in [-0.2, -0.15) is 0 Å². The summed E-state index contributed by atoms with van der Waals surface area (Å²) in [5, 5.41) is 0. The van der Waals surface area contributed by atoms with E-state index in [1.807, 2.05) is 11.0 Å². The van der Waals surface area contributed by atoms with Gasteiger partial charge in [-0.25, -0.2) is 0 Å². The van der Waals surface area contributed by atoms with Crippen LogP contribution in [-0.2, 0) is 0 Å². The van der Waals surface area contributed by atoms with Gasteiger partial charge in [-0.1, -0.05) is 0 Å². The Morgan fingerprint density at radius 2 is 2.50 bits per heavy atom. The van der Waals surface area contributed by atoms with Gasteiger partial charge in [0.05, 0.1) is 0 Å². The fourth-order valence-electron chi connectivity index (χ4n) is 2.10. The van der Waals surface area contributed by atoms with Crippen molar-refractivity contribution >= 4 is 21.8 Å². The van der Waals surface area contributed by atoms with Crippen LogP contribution in [-0.4, -0.2) is 35.4 Å². The van der Waals surface area contributed by atoms with Gasteiger partial charge in [0.15, 0.2) is 0 Å². The summed E-state index contributed by atoms with van der Waals surface area (Å²) in [4.78, 5) is 17.0. The van der Waals surface area contributed by atoms with E-state index in [4.69, 9.17) is 5.73 Å². The number of nitrogens with one attached hydrogen (secondary N) is 1. The Hall–Kier alpha value is -0.810. The van der Waals surface area contributed by atoms with E-state index in [0.29, 0.717) is 18.2 Å². The third kappa shape index (κ3) is 2.47. The minimum absolute atomic E-state index is 0.0730. The quantitative estimate of drug-likeness (QED) is 0.867. The standard InChI is InChI=1S/C11H16BrN3O/c12-9-4-10(14-6-9)11(16)15-3-1-2-8(5-13)7-15/h4,6,8,14H,1-3,5,7,13H2. The zero-order chi connectivity index (χ0) is 11.5. The number of carbonyl (C=O) groups excluding carboxylic acids is 1. The first-order valence-electron chi connectivity index (χ1n) is 5.54. The number of aromatic nitrogens is 1. The average Bonchev–Trinajstić information content (AvgIpc) is 2.75. The van der Waals surface area contributed by atoms with Gasteiger partial charge in [0.2, 0.25) is 0 Å². The molecule has 0 saturated carbocycles. The molecule has 0 aliphatic carbocycles. The minimum atomic E-state index is 0.0730. The molecule has 2 heterocycles. The number of amides is 1. The van der Waals surface area contributed by atoms with Crippen molar-refractivity contribution in [2.45, 2.75) is 12.8 Å². The second-order valence-corrected chi connectivity index (χ2v) is 5.14. The van der Waals surface area contributed by atoms with Crippen LogP contribution in [0.5, 0.6) is 0 Å². The van der Waals surface area contributed by atoms with Gasteiger partial charge in [0, 0.05) is 23.8 Å². The first-order chi connectivity index (χ1) is 7.70. The van der Waals surface area contributed by atoms with Crippen LogP contribution >= 0.6 is 15.9 Å². The Balaban J connectivity index is 2.04. The third-order valence-electron chi connectivity index (χ3n) is 3.02. The van der Waals surface area contributed by atoms with E-state index in [0.717, 1.165) is 30.4 Å². The van der Waals surface area contributed by atoms with E-state index in [-0.39, 0.29) is 5.91 Å². The van der Waals surface area contributed by atoms with E-state index in [1.54, 1.807) is 6.20 Å². The number of rotatable bonds is 2. The van der Waals surface area contributed by atoms with Crippen molar-refractivity contribution in [1.82, 2.24) is 9.88 Å². The Bertz CT molecular complexity index is 377. The van der Waals surface area contributed by atoms with Gasteiger partial charge in [0.25, 0.3) is 5.91 Å². The Labute approximate surface area is 103 Å². The number of nitrogens with zero attached hydrogens (tertiary/aromatic N) is 1. The smallest absolute Gasteiger partial charge is 0.270 e. The molecule has 2 rings (SSSR count). The van der Waals surface area contributed by atoms with E-state index in [1.165, 1.54) is 0 Å². The number of aromatic amines is 1. The summed E-state index contributed by atoms with van der Waals surface area (Å²) in [6, 6.07) is 1.81. The molecule has 1 amide bonds. The number of nitrogens with two attached hydrogens (primary N) is 1. The van der Waals surface area contributed by atoms with Crippen LogP contribution in [0.25, 0.3) is 0 Å². The summed E-state index contributed by atoms with van der Waals surface area (Å²) in [5.41, 5.74) is 6.30. The fraction of sp³-hybridized carbons (Fsp3) is 0.545. The van der Waals surface area contributed by atoms with Crippen LogP contribution in [0.2, 0.25) is 0 Å². The largest absolute Gasteiger partial charge is 0.356 e. The van der Waals surface area contributed by atoms with Crippen LogP contribution in [0.3, 0.4) is 0 Å². The average molecular weight is 286 g/mol. The molecule has 1 aliphatic heterocycles. The molecule has 1 aromatic rings. The molecule has 16 heavy (non-hydrogen) atoms. The molecule has 0 spiro atoms. The highest BCUT2D eigenvalue weighted by Gasteiger charge is 2.24. The molecule has 1 aliphatic rings. The number of carbonyl (C=O) groups is 1. The predicted molar refractivity (Wildman–Crippen MR) is 66.2 cm³/mol. The van der Waals surface area contributed by atoms with Crippen molar-refractivity contribution in [2.75, 3.05) is 19.6 Å². The molecule has 0 bridgehead atoms. The number of halogens is 1. The molecule has 0 aromatic carbocycles. The lowest BCUT2D eigenvalue weighted by molar-refractivity contribution is 0.0673. The summed E-state index contributed by atoms with van der Waals surface area (Å²) in [5.74, 6) is 0.528. The second-order valence-electron chi connectivity index (χ2n) is 4.23. The van der Waals surface area contributed by atoms with Crippen LogP contribution in [0.1, 0.15) is 23.3 Å². The normalized spacial score (nSPS) is 21.1. The highest BCUT2D eigenvalue weighted by atomic mass is 79.9. The third-order valence-corrected chi connectivity index (χ3v) is 3.48. The summed E-state index contributed by atoms with van der Waals surface area (Å²) < 4.78 is 0.906. The molecule has 5 heteroatoms. The van der Waals surface area contributed by atoms with Crippen LogP contribution < -0.4 is 5.73 Å². The Morgan fingerprint density at radius 3 is 3.12 bits per heavy atom. The number of likely N-dealkylation sites (tertiary alicyclic amines) is 1. The lowest BCUT2D eigenvalue weighted by atomic mass is 9.98. The Kier molecular flexibility index (Phi) is 3.66. The summed E-state index contributed by atoms with van der Waals surface area (Å²) >= 11 is 3.33. The number of H-pyrrole nitrogens is 1. The maximum absolute atomic E-state index is 12.1. The Morgan fingerprint density at radius 1 is 1.69 bits per heavy atom. The van der Waals surface area contributed by atoms with Crippen LogP contribution in [0.4, 0.5) is 0 Å². The first-order valence-corrected chi connectivity index (χ1v) is 6.33. The van der Waals surface area contributed by atoms with E-state index >= 15 is 0 Å². The lowest BCUT2D eigenvalue weighted by Crippen LogP contribution is -2.42. The maximum Gasteiger partial charge on any atom is 0.270 e. The number of hydrogen-bond acceptors (Lipinski definition) is 2. The monoisotopic (exact) mass is 285 g/mol. The van der Waals surface area contributed by atoms with E-state index < -0.39 is 0 Å². The van der Waals surface area contributed by atoms with Gasteiger partial charge in [-0.15, -0.1) is 0 Å². The topological polar surface area (TPSA) is 62.1 Å². The van der Waals surface area contributed by atoms with Gasteiger partial charge >= 0.3 is 0 Å². The molecule has 0 radical (unpaired) electrons. The van der Waals surface area contributed by atoms with E-state index in [2.05, 4.69) is 20.9 Å². The maximum atomic E-state index is 12.1. The van der Waals surface area contributed by atoms with Gasteiger partial charge in [-0.05, 0) is 47.3 Å². The van der Waals surface area contributed by atoms with Crippen molar-refractivity contribution in [3.63, 3.8) is 0 Å². The van der Waals surface area contributed by atoms with Crippen LogP contribution in [0, 0.1) is 5.92 Å². The molecular weight excluding hydrogens is 270 g/mol. The van der Waals surface area contributed by atoms with E-state index in [9.17, 15) is 4.79 Å². The second kappa shape index (κ2) is 5.01. The highest BCUT2D eigenvalue weighted by Crippen LogP contribution is 2.18. The van der Waals surface area contributed by atoms with Crippen LogP contribution in [0.15, 0.2) is 16.7 Å². The summed E-state index contributed by atoms with van der Waals surface area (Å²) in [6.45, 7) is 2.29. The van der Waals surface area contributed by atoms with Gasteiger partial charge < -0.3 is 15.6 Å². The van der Waals surface area contributed by atoms with Crippen molar-refractivity contribution in [1.29, 1.82) is 0 Å². The molecule has 4 nitrogen and oxygen atoms in total. The molecule has 88 valence electrons. The SMILES string of the molecule is NCC1CCCN(C(=O)c2cc(Br)c[nH]2)C1. The van der Waals surface area contributed by atoms with Crippen molar-refractivity contribution in [3.8, 4) is 0 Å². The fourth-order valence-corrected chi connectivity index (χ4v) is 2.45. The molecule has 3 N–H and O–H groups in total. The van der Waals surface area contributed by atoms with Gasteiger partial charge in [0.1, 0.15) is 5.69 Å². The first kappa shape index (κ1) is 11.7. The zero-order valence-electron chi connectivity index (χ0n) is 9.08. The van der Waals surface area contributed by atoms with Crippen molar-refractivity contribution in [3.05, 3.63) is 22.4 Å². The highest BCUT2D eigenvalue weighted by molar-refractivity contribution is 9.10. The predicted octanol–water partition coefficient (Wildman–Crippen LogP) is 1.59. The molecule has 1 fully saturated rings. The molecule has 1 atom stereocenters. The minimum Gasteiger partial charge on any atom is -0.356 e. The summed E-state index contributed by atoms with van der Waals surface area (Å²) in [6.07, 6.45) is 3.96. The number of hydrogen-bond donors (Lipinski definition) is 2. The molecular formula is C11H16BrN3O. The molecule has 1 aromatic heterocycles. The van der Waals surface area contributed by atoms with Gasteiger partial charge in [-0.3, -0.25) is 4.79 Å².